The van der Waals surface area contributed by atoms with E-state index >= 15 is 0 Å². The van der Waals surface area contributed by atoms with Crippen molar-refractivity contribution in [2.24, 2.45) is 0 Å². The van der Waals surface area contributed by atoms with Crippen molar-refractivity contribution in [3.63, 3.8) is 0 Å². The summed E-state index contributed by atoms with van der Waals surface area (Å²) in [5.74, 6) is -0.279. The minimum Gasteiger partial charge on any atom is -0.341 e. The van der Waals surface area contributed by atoms with Crippen LogP contribution in [0.25, 0.3) is 0 Å². The SMILES string of the molecule is CCN(CC)C(=O)C1OC12C(=O)N(C)c1cc(Br)ccc12. The Balaban J connectivity index is 1.99. The van der Waals surface area contributed by atoms with Crippen LogP contribution in [0.5, 0.6) is 0 Å². The van der Waals surface area contributed by atoms with E-state index in [1.165, 1.54) is 0 Å². The van der Waals surface area contributed by atoms with Crippen LogP contribution < -0.4 is 4.90 Å². The van der Waals surface area contributed by atoms with Crippen molar-refractivity contribution in [2.45, 2.75) is 25.6 Å². The first-order valence-corrected chi connectivity index (χ1v) is 7.81. The second-order valence-corrected chi connectivity index (χ2v) is 6.19. The lowest BCUT2D eigenvalue weighted by atomic mass is 9.96. The van der Waals surface area contributed by atoms with Gasteiger partial charge in [0.25, 0.3) is 11.8 Å². The molecule has 2 amide bonds. The fraction of sp³-hybridized carbons (Fsp3) is 0.467. The van der Waals surface area contributed by atoms with E-state index in [2.05, 4.69) is 15.9 Å². The number of nitrogens with zero attached hydrogens (tertiary/aromatic N) is 2. The summed E-state index contributed by atoms with van der Waals surface area (Å²) in [6.07, 6.45) is -0.699. The molecule has 3 rings (SSSR count). The van der Waals surface area contributed by atoms with Crippen LogP contribution in [0, 0.1) is 0 Å². The molecule has 1 fully saturated rings. The van der Waals surface area contributed by atoms with Crippen LogP contribution in [0.2, 0.25) is 0 Å². The van der Waals surface area contributed by atoms with Crippen molar-refractivity contribution in [3.8, 4) is 0 Å². The van der Waals surface area contributed by atoms with Crippen LogP contribution in [0.4, 0.5) is 5.69 Å². The average Bonchev–Trinajstić information content (AvgIpc) is 3.19. The molecule has 0 bridgehead atoms. The van der Waals surface area contributed by atoms with Crippen molar-refractivity contribution in [1.29, 1.82) is 0 Å². The summed E-state index contributed by atoms with van der Waals surface area (Å²) in [7, 11) is 1.71. The van der Waals surface area contributed by atoms with E-state index in [1.54, 1.807) is 16.8 Å². The first-order chi connectivity index (χ1) is 9.97. The van der Waals surface area contributed by atoms with Crippen molar-refractivity contribution in [1.82, 2.24) is 4.90 Å². The first kappa shape index (κ1) is 14.5. The zero-order valence-electron chi connectivity index (χ0n) is 12.2. The Morgan fingerprint density at radius 2 is 2.10 bits per heavy atom. The molecule has 2 unspecified atom stereocenters. The minimum atomic E-state index is -1.11. The van der Waals surface area contributed by atoms with Crippen LogP contribution in [-0.2, 0) is 19.9 Å². The van der Waals surface area contributed by atoms with E-state index < -0.39 is 11.7 Å². The van der Waals surface area contributed by atoms with Crippen molar-refractivity contribution >= 4 is 33.4 Å². The summed E-state index contributed by atoms with van der Waals surface area (Å²) in [6, 6.07) is 5.60. The fourth-order valence-corrected chi connectivity index (χ4v) is 3.36. The molecule has 6 heteroatoms. The summed E-state index contributed by atoms with van der Waals surface area (Å²) in [4.78, 5) is 28.3. The van der Waals surface area contributed by atoms with E-state index in [4.69, 9.17) is 4.74 Å². The van der Waals surface area contributed by atoms with Crippen LogP contribution in [-0.4, -0.2) is 43.0 Å². The summed E-state index contributed by atoms with van der Waals surface area (Å²) in [5, 5.41) is 0. The number of carbonyl (C=O) groups excluding carboxylic acids is 2. The molecule has 1 saturated heterocycles. The lowest BCUT2D eigenvalue weighted by molar-refractivity contribution is -0.132. The summed E-state index contributed by atoms with van der Waals surface area (Å²) in [5.41, 5.74) is 0.470. The number of halogens is 1. The molecule has 2 atom stereocenters. The third-order valence-corrected chi connectivity index (χ3v) is 4.75. The Bertz CT molecular complexity index is 629. The van der Waals surface area contributed by atoms with E-state index in [0.717, 1.165) is 15.7 Å². The standard InChI is InChI=1S/C15H17BrN2O3/c1-4-18(5-2)13(19)12-15(21-12)10-7-6-9(16)8-11(10)17(3)14(15)20/h6-8,12H,4-5H2,1-3H3. The van der Waals surface area contributed by atoms with Crippen LogP contribution >= 0.6 is 15.9 Å². The molecule has 1 aromatic rings. The highest BCUT2D eigenvalue weighted by Crippen LogP contribution is 2.56. The van der Waals surface area contributed by atoms with Gasteiger partial charge in [-0.05, 0) is 26.0 Å². The summed E-state index contributed by atoms with van der Waals surface area (Å²) >= 11 is 3.41. The molecule has 2 aliphatic heterocycles. The van der Waals surface area contributed by atoms with E-state index in [1.807, 2.05) is 32.0 Å². The lowest BCUT2D eigenvalue weighted by Gasteiger charge is -2.17. The minimum absolute atomic E-state index is 0.113. The number of benzene rings is 1. The predicted molar refractivity (Wildman–Crippen MR) is 82.0 cm³/mol. The molecule has 0 aliphatic carbocycles. The highest BCUT2D eigenvalue weighted by Gasteiger charge is 2.72. The maximum atomic E-state index is 12.6. The van der Waals surface area contributed by atoms with Gasteiger partial charge in [0.2, 0.25) is 5.60 Å². The van der Waals surface area contributed by atoms with Gasteiger partial charge in [0.05, 0.1) is 5.69 Å². The number of hydrogen-bond acceptors (Lipinski definition) is 3. The van der Waals surface area contributed by atoms with Gasteiger partial charge in [-0.1, -0.05) is 22.0 Å². The van der Waals surface area contributed by atoms with Gasteiger partial charge >= 0.3 is 0 Å². The second-order valence-electron chi connectivity index (χ2n) is 5.27. The Morgan fingerprint density at radius 1 is 1.43 bits per heavy atom. The Hall–Kier alpha value is -1.40. The largest absolute Gasteiger partial charge is 0.341 e. The monoisotopic (exact) mass is 352 g/mol. The van der Waals surface area contributed by atoms with Crippen molar-refractivity contribution < 1.29 is 14.3 Å². The molecule has 5 nitrogen and oxygen atoms in total. The van der Waals surface area contributed by atoms with Gasteiger partial charge in [0, 0.05) is 30.2 Å². The molecular formula is C15H17BrN2O3. The average molecular weight is 353 g/mol. The molecule has 0 radical (unpaired) electrons. The maximum absolute atomic E-state index is 12.6. The van der Waals surface area contributed by atoms with Gasteiger partial charge in [-0.2, -0.15) is 0 Å². The highest BCUT2D eigenvalue weighted by molar-refractivity contribution is 9.10. The Morgan fingerprint density at radius 3 is 2.71 bits per heavy atom. The van der Waals surface area contributed by atoms with E-state index in [9.17, 15) is 9.59 Å². The Kier molecular flexibility index (Phi) is 3.33. The molecule has 1 spiro atoms. The number of fused-ring (bicyclic) bond motifs is 2. The molecule has 2 aliphatic rings. The topological polar surface area (TPSA) is 53.2 Å². The van der Waals surface area contributed by atoms with Gasteiger partial charge in [-0.25, -0.2) is 0 Å². The van der Waals surface area contributed by atoms with Crippen LogP contribution in [0.15, 0.2) is 22.7 Å². The van der Waals surface area contributed by atoms with Gasteiger partial charge in [0.15, 0.2) is 6.10 Å². The fourth-order valence-electron chi connectivity index (χ4n) is 3.01. The molecule has 112 valence electrons. The molecule has 2 heterocycles. The molecule has 21 heavy (non-hydrogen) atoms. The molecule has 1 aromatic carbocycles. The number of ether oxygens (including phenoxy) is 1. The maximum Gasteiger partial charge on any atom is 0.267 e. The third-order valence-electron chi connectivity index (χ3n) is 4.26. The number of epoxide rings is 1. The van der Waals surface area contributed by atoms with Gasteiger partial charge < -0.3 is 14.5 Å². The second kappa shape index (κ2) is 4.81. The smallest absolute Gasteiger partial charge is 0.267 e. The summed E-state index contributed by atoms with van der Waals surface area (Å²) < 4.78 is 6.56. The number of anilines is 1. The number of hydrogen-bond donors (Lipinski definition) is 0. The molecule has 0 aromatic heterocycles. The predicted octanol–water partition coefficient (Wildman–Crippen LogP) is 1.89. The van der Waals surface area contributed by atoms with Crippen molar-refractivity contribution in [2.75, 3.05) is 25.0 Å². The number of carbonyl (C=O) groups is 2. The normalized spacial score (nSPS) is 26.2. The lowest BCUT2D eigenvalue weighted by Crippen LogP contribution is -2.39. The third kappa shape index (κ3) is 1.85. The highest BCUT2D eigenvalue weighted by atomic mass is 79.9. The molecule has 0 N–H and O–H groups in total. The van der Waals surface area contributed by atoms with E-state index in [-0.39, 0.29) is 11.8 Å². The van der Waals surface area contributed by atoms with Crippen LogP contribution in [0.1, 0.15) is 19.4 Å². The zero-order chi connectivity index (χ0) is 15.4. The summed E-state index contributed by atoms with van der Waals surface area (Å²) in [6.45, 7) is 5.07. The quantitative estimate of drug-likeness (QED) is 0.780. The van der Waals surface area contributed by atoms with Gasteiger partial charge in [-0.15, -0.1) is 0 Å². The number of rotatable bonds is 3. The van der Waals surface area contributed by atoms with E-state index in [0.29, 0.717) is 13.1 Å². The zero-order valence-corrected chi connectivity index (χ0v) is 13.8. The molecule has 0 saturated carbocycles. The van der Waals surface area contributed by atoms with Crippen LogP contribution in [0.3, 0.4) is 0 Å². The van der Waals surface area contributed by atoms with Crippen molar-refractivity contribution in [3.05, 3.63) is 28.2 Å². The first-order valence-electron chi connectivity index (χ1n) is 7.02. The molecular weight excluding hydrogens is 336 g/mol. The van der Waals surface area contributed by atoms with Gasteiger partial charge in [-0.3, -0.25) is 9.59 Å². The Labute approximate surface area is 132 Å². The number of likely N-dealkylation sites (N-methyl/N-ethyl adjacent to an activating group) is 2. The van der Waals surface area contributed by atoms with Gasteiger partial charge in [0.1, 0.15) is 0 Å². The number of amides is 2.